The van der Waals surface area contributed by atoms with E-state index >= 15 is 0 Å². The van der Waals surface area contributed by atoms with E-state index in [0.29, 0.717) is 18.0 Å². The van der Waals surface area contributed by atoms with Crippen LogP contribution in [0.25, 0.3) is 11.0 Å². The Morgan fingerprint density at radius 3 is 2.67 bits per heavy atom. The monoisotopic (exact) mass is 341 g/mol. The lowest BCUT2D eigenvalue weighted by Gasteiger charge is -2.21. The molecule has 126 valence electrons. The fourth-order valence-corrected chi connectivity index (χ4v) is 4.00. The second-order valence-electron chi connectivity index (χ2n) is 6.59. The first kappa shape index (κ1) is 16.9. The van der Waals surface area contributed by atoms with Gasteiger partial charge < -0.3 is 9.73 Å². The molecule has 0 aliphatic heterocycles. The van der Waals surface area contributed by atoms with Crippen LogP contribution < -0.4 is 10.9 Å². The van der Waals surface area contributed by atoms with E-state index in [2.05, 4.69) is 42.7 Å². The molecule has 0 saturated heterocycles. The average molecular weight is 341 g/mol. The molecule has 0 spiro atoms. The summed E-state index contributed by atoms with van der Waals surface area (Å²) in [6.45, 7) is 9.10. The molecular formula is C20H23NO2S. The minimum atomic E-state index is -0.287. The summed E-state index contributed by atoms with van der Waals surface area (Å²) >= 11 is 1.76. The smallest absolute Gasteiger partial charge is 0.336 e. The maximum absolute atomic E-state index is 12.0. The summed E-state index contributed by atoms with van der Waals surface area (Å²) < 4.78 is 5.46. The van der Waals surface area contributed by atoms with Crippen LogP contribution in [0.5, 0.6) is 0 Å². The Balaban J connectivity index is 1.95. The Morgan fingerprint density at radius 2 is 2.00 bits per heavy atom. The largest absolute Gasteiger partial charge is 0.422 e. The molecule has 0 fully saturated rings. The Hall–Kier alpha value is -1.91. The van der Waals surface area contributed by atoms with Crippen LogP contribution in [0.2, 0.25) is 0 Å². The average Bonchev–Trinajstić information content (AvgIpc) is 3.05. The third kappa shape index (κ3) is 3.30. The van der Waals surface area contributed by atoms with Gasteiger partial charge in [0.15, 0.2) is 0 Å². The number of aryl methyl sites for hydroxylation is 2. The molecule has 3 aromatic rings. The van der Waals surface area contributed by atoms with Crippen LogP contribution in [0, 0.1) is 19.8 Å². The predicted octanol–water partition coefficient (Wildman–Crippen LogP) is 4.96. The molecule has 3 rings (SSSR count). The van der Waals surface area contributed by atoms with Crippen LogP contribution in [0.4, 0.5) is 0 Å². The van der Waals surface area contributed by atoms with Gasteiger partial charge in [0.25, 0.3) is 0 Å². The number of thiophene rings is 1. The summed E-state index contributed by atoms with van der Waals surface area (Å²) in [6, 6.07) is 10.3. The highest BCUT2D eigenvalue weighted by molar-refractivity contribution is 7.10. The van der Waals surface area contributed by atoms with E-state index < -0.39 is 0 Å². The molecule has 0 saturated carbocycles. The SMILES string of the molecule is Cc1ccc2c(CN[C@H](c3cccs3)C(C)C)cc(=O)oc2c1C. The molecule has 24 heavy (non-hydrogen) atoms. The third-order valence-corrected chi connectivity index (χ3v) is 5.50. The van der Waals surface area contributed by atoms with E-state index in [1.54, 1.807) is 17.4 Å². The predicted molar refractivity (Wildman–Crippen MR) is 101 cm³/mol. The first-order chi connectivity index (χ1) is 11.5. The van der Waals surface area contributed by atoms with Crippen molar-refractivity contribution in [1.82, 2.24) is 5.32 Å². The molecule has 3 nitrogen and oxygen atoms in total. The lowest BCUT2D eigenvalue weighted by Crippen LogP contribution is -2.25. The Labute approximate surface area is 146 Å². The quantitative estimate of drug-likeness (QED) is 0.667. The van der Waals surface area contributed by atoms with Crippen molar-refractivity contribution in [3.8, 4) is 0 Å². The van der Waals surface area contributed by atoms with Gasteiger partial charge in [0, 0.05) is 28.9 Å². The molecule has 1 aromatic carbocycles. The second kappa shape index (κ2) is 6.91. The van der Waals surface area contributed by atoms with Crippen molar-refractivity contribution in [2.24, 2.45) is 5.92 Å². The lowest BCUT2D eigenvalue weighted by molar-refractivity contribution is 0.416. The highest BCUT2D eigenvalue weighted by atomic mass is 32.1. The maximum atomic E-state index is 12.0. The van der Waals surface area contributed by atoms with E-state index in [-0.39, 0.29) is 11.7 Å². The standard InChI is InChI=1S/C20H23NO2S/c1-12(2)19(17-6-5-9-24-17)21-11-15-10-18(22)23-20-14(4)13(3)7-8-16(15)20/h5-10,12,19,21H,11H2,1-4H3/t19-/m0/s1. The minimum Gasteiger partial charge on any atom is -0.422 e. The summed E-state index contributed by atoms with van der Waals surface area (Å²) in [5.41, 5.74) is 3.58. The molecule has 2 aromatic heterocycles. The zero-order valence-corrected chi connectivity index (χ0v) is 15.4. The fraction of sp³-hybridized carbons (Fsp3) is 0.350. The van der Waals surface area contributed by atoms with Crippen molar-refractivity contribution in [1.29, 1.82) is 0 Å². The van der Waals surface area contributed by atoms with Crippen molar-refractivity contribution < 1.29 is 4.42 Å². The second-order valence-corrected chi connectivity index (χ2v) is 7.57. The van der Waals surface area contributed by atoms with Gasteiger partial charge in [0.2, 0.25) is 0 Å². The van der Waals surface area contributed by atoms with Crippen LogP contribution in [-0.2, 0) is 6.54 Å². The van der Waals surface area contributed by atoms with Crippen molar-refractivity contribution in [2.45, 2.75) is 40.3 Å². The van der Waals surface area contributed by atoms with Crippen LogP contribution >= 0.6 is 11.3 Å². The Morgan fingerprint density at radius 1 is 1.21 bits per heavy atom. The minimum absolute atomic E-state index is 0.277. The van der Waals surface area contributed by atoms with Crippen LogP contribution in [0.15, 0.2) is 44.9 Å². The molecule has 0 aliphatic rings. The topological polar surface area (TPSA) is 42.2 Å². The molecule has 0 amide bonds. The molecule has 1 atom stereocenters. The molecular weight excluding hydrogens is 318 g/mol. The number of benzene rings is 1. The lowest BCUT2D eigenvalue weighted by atomic mass is 10.0. The van der Waals surface area contributed by atoms with Gasteiger partial charge in [-0.05, 0) is 47.9 Å². The fourth-order valence-electron chi connectivity index (χ4n) is 3.02. The molecule has 2 heterocycles. The number of fused-ring (bicyclic) bond motifs is 1. The molecule has 0 bridgehead atoms. The van der Waals surface area contributed by atoms with Gasteiger partial charge in [-0.15, -0.1) is 11.3 Å². The van der Waals surface area contributed by atoms with E-state index in [1.807, 2.05) is 19.9 Å². The van der Waals surface area contributed by atoms with Gasteiger partial charge in [-0.1, -0.05) is 32.0 Å². The van der Waals surface area contributed by atoms with Crippen molar-refractivity contribution in [3.63, 3.8) is 0 Å². The molecule has 1 N–H and O–H groups in total. The van der Waals surface area contributed by atoms with E-state index in [0.717, 1.165) is 22.1 Å². The van der Waals surface area contributed by atoms with Gasteiger partial charge in [-0.2, -0.15) is 0 Å². The number of rotatable bonds is 5. The van der Waals surface area contributed by atoms with E-state index in [9.17, 15) is 4.79 Å². The summed E-state index contributed by atoms with van der Waals surface area (Å²) in [4.78, 5) is 13.3. The van der Waals surface area contributed by atoms with Crippen LogP contribution in [0.3, 0.4) is 0 Å². The molecule has 0 unspecified atom stereocenters. The van der Waals surface area contributed by atoms with Crippen molar-refractivity contribution in [2.75, 3.05) is 0 Å². The zero-order chi connectivity index (χ0) is 17.3. The van der Waals surface area contributed by atoms with Gasteiger partial charge in [-0.25, -0.2) is 4.79 Å². The van der Waals surface area contributed by atoms with Crippen molar-refractivity contribution >= 4 is 22.3 Å². The number of hydrogen-bond donors (Lipinski definition) is 1. The van der Waals surface area contributed by atoms with Crippen LogP contribution in [-0.4, -0.2) is 0 Å². The normalized spacial score (nSPS) is 12.9. The summed E-state index contributed by atoms with van der Waals surface area (Å²) in [5, 5.41) is 6.74. The summed E-state index contributed by atoms with van der Waals surface area (Å²) in [7, 11) is 0. The van der Waals surface area contributed by atoms with E-state index in [4.69, 9.17) is 4.42 Å². The van der Waals surface area contributed by atoms with Gasteiger partial charge in [-0.3, -0.25) is 0 Å². The summed E-state index contributed by atoms with van der Waals surface area (Å²) in [6.07, 6.45) is 0. The molecule has 0 aliphatic carbocycles. The maximum Gasteiger partial charge on any atom is 0.336 e. The van der Waals surface area contributed by atoms with Gasteiger partial charge in [0.1, 0.15) is 5.58 Å². The van der Waals surface area contributed by atoms with Crippen molar-refractivity contribution in [3.05, 3.63) is 67.7 Å². The van der Waals surface area contributed by atoms with Gasteiger partial charge >= 0.3 is 5.63 Å². The highest BCUT2D eigenvalue weighted by Crippen LogP contribution is 2.28. The first-order valence-corrected chi connectivity index (χ1v) is 9.15. The Bertz CT molecular complexity index is 894. The van der Waals surface area contributed by atoms with E-state index in [1.165, 1.54) is 4.88 Å². The molecule has 0 radical (unpaired) electrons. The molecule has 4 heteroatoms. The van der Waals surface area contributed by atoms with Gasteiger partial charge in [0.05, 0.1) is 0 Å². The zero-order valence-electron chi connectivity index (χ0n) is 14.6. The third-order valence-electron chi connectivity index (χ3n) is 4.55. The number of nitrogens with one attached hydrogen (secondary N) is 1. The van der Waals surface area contributed by atoms with Crippen LogP contribution in [0.1, 0.15) is 41.5 Å². The highest BCUT2D eigenvalue weighted by Gasteiger charge is 2.17. The Kier molecular flexibility index (Phi) is 4.88. The summed E-state index contributed by atoms with van der Waals surface area (Å²) in [5.74, 6) is 0.471. The number of hydrogen-bond acceptors (Lipinski definition) is 4. The first-order valence-electron chi connectivity index (χ1n) is 8.27.